The van der Waals surface area contributed by atoms with Crippen molar-refractivity contribution in [1.29, 1.82) is 0 Å². The Labute approximate surface area is 600 Å². The van der Waals surface area contributed by atoms with Crippen molar-refractivity contribution in [1.82, 2.24) is 0 Å². The second kappa shape index (κ2) is 72.0. The molecular weight excluding hydrogens is 1280 g/mol. The number of carbonyl (C=O) groups excluding carboxylic acids is 4. The van der Waals surface area contributed by atoms with E-state index in [9.17, 15) is 43.2 Å². The van der Waals surface area contributed by atoms with E-state index in [-0.39, 0.29) is 25.7 Å². The fourth-order valence-corrected chi connectivity index (χ4v) is 13.8. The van der Waals surface area contributed by atoms with Gasteiger partial charge in [0.05, 0.1) is 26.4 Å². The minimum atomic E-state index is -4.96. The number of carbonyl (C=O) groups is 4. The lowest BCUT2D eigenvalue weighted by Gasteiger charge is -2.21. The Morgan fingerprint density at radius 3 is 0.694 bits per heavy atom. The van der Waals surface area contributed by atoms with E-state index in [1.165, 1.54) is 238 Å². The zero-order valence-corrected chi connectivity index (χ0v) is 65.7. The molecule has 0 radical (unpaired) electrons. The molecule has 0 heterocycles. The maximum absolute atomic E-state index is 13.1. The molecule has 0 amide bonds. The second-order valence-electron chi connectivity index (χ2n) is 28.9. The third-order valence-electron chi connectivity index (χ3n) is 18.5. The predicted octanol–water partition coefficient (Wildman–Crippen LogP) is 23.6. The molecule has 0 aliphatic heterocycles. The normalized spacial score (nSPS) is 13.9. The first-order valence-corrected chi connectivity index (χ1v) is 44.1. The molecule has 19 heteroatoms. The van der Waals surface area contributed by atoms with Crippen LogP contribution in [0.4, 0.5) is 0 Å². The highest BCUT2D eigenvalue weighted by Gasteiger charge is 2.30. The highest BCUT2D eigenvalue weighted by Crippen LogP contribution is 2.45. The van der Waals surface area contributed by atoms with E-state index < -0.39 is 97.5 Å². The Bertz CT molecular complexity index is 1870. The molecule has 0 aliphatic rings. The summed E-state index contributed by atoms with van der Waals surface area (Å²) in [4.78, 5) is 72.9. The number of rotatable bonds is 79. The summed E-state index contributed by atoms with van der Waals surface area (Å²) < 4.78 is 68.6. The van der Waals surface area contributed by atoms with Gasteiger partial charge in [-0.25, -0.2) is 9.13 Å². The second-order valence-corrected chi connectivity index (χ2v) is 31.8. The van der Waals surface area contributed by atoms with E-state index in [2.05, 4.69) is 34.6 Å². The van der Waals surface area contributed by atoms with Gasteiger partial charge in [0, 0.05) is 25.7 Å². The van der Waals surface area contributed by atoms with Crippen LogP contribution in [0, 0.1) is 5.92 Å². The molecule has 0 saturated heterocycles. The first-order chi connectivity index (χ1) is 47.5. The highest BCUT2D eigenvalue weighted by molar-refractivity contribution is 7.47. The molecule has 17 nitrogen and oxygen atoms in total. The third-order valence-corrected chi connectivity index (χ3v) is 20.4. The number of ether oxygens (including phenoxy) is 4. The van der Waals surface area contributed by atoms with Gasteiger partial charge in [0.25, 0.3) is 0 Å². The smallest absolute Gasteiger partial charge is 0.462 e. The van der Waals surface area contributed by atoms with Crippen LogP contribution in [-0.2, 0) is 65.4 Å². The maximum Gasteiger partial charge on any atom is 0.472 e. The fourth-order valence-electron chi connectivity index (χ4n) is 12.2. The number of unbranched alkanes of at least 4 members (excludes halogenated alkanes) is 51. The number of esters is 4. The number of hydrogen-bond donors (Lipinski definition) is 3. The van der Waals surface area contributed by atoms with Crippen molar-refractivity contribution < 1.29 is 80.2 Å². The van der Waals surface area contributed by atoms with Crippen molar-refractivity contribution >= 4 is 39.5 Å². The van der Waals surface area contributed by atoms with Gasteiger partial charge in [0.2, 0.25) is 0 Å². The molecule has 2 unspecified atom stereocenters. The van der Waals surface area contributed by atoms with E-state index in [1.807, 2.05) is 0 Å². The van der Waals surface area contributed by atoms with Crippen LogP contribution in [0.3, 0.4) is 0 Å². The number of phosphoric ester groups is 2. The minimum absolute atomic E-state index is 0.108. The Balaban J connectivity index is 5.21. The van der Waals surface area contributed by atoms with Gasteiger partial charge in [-0.3, -0.25) is 37.3 Å². The average molecular weight is 1440 g/mol. The van der Waals surface area contributed by atoms with E-state index in [4.69, 9.17) is 37.0 Å². The molecule has 582 valence electrons. The standard InChI is InChI=1S/C79H154O17P2/c1-6-9-12-15-18-21-23-25-27-28-29-31-37-41-45-50-55-60-65-79(84)96-75(69-90-77(82)63-58-53-48-43-39-35-33-32-34-38-42-46-51-56-61-72(4)5)71-94-98(87,88)92-67-73(80)66-91-97(85,86)93-70-74(68-89-76(81)62-57-52-47-20-17-14-11-8-3)95-78(83)64-59-54-49-44-40-36-30-26-24-22-19-16-13-10-7-2/h72-75,80H,6-71H2,1-5H3,(H,85,86)(H,87,88)/t73-,74+,75+/m0/s1. The highest BCUT2D eigenvalue weighted by atomic mass is 31.2. The van der Waals surface area contributed by atoms with E-state index in [1.54, 1.807) is 0 Å². The molecule has 0 aromatic heterocycles. The van der Waals surface area contributed by atoms with Crippen molar-refractivity contribution in [3.05, 3.63) is 0 Å². The Morgan fingerprint density at radius 1 is 0.276 bits per heavy atom. The van der Waals surface area contributed by atoms with Crippen LogP contribution >= 0.6 is 15.6 Å². The quantitative estimate of drug-likeness (QED) is 0.0222. The van der Waals surface area contributed by atoms with Gasteiger partial charge in [-0.05, 0) is 31.6 Å². The van der Waals surface area contributed by atoms with Gasteiger partial charge in [0.15, 0.2) is 12.2 Å². The summed E-state index contributed by atoms with van der Waals surface area (Å²) in [6, 6.07) is 0. The summed E-state index contributed by atoms with van der Waals surface area (Å²) in [5.41, 5.74) is 0. The molecule has 0 aromatic carbocycles. The van der Waals surface area contributed by atoms with Crippen molar-refractivity contribution in [2.75, 3.05) is 39.6 Å². The lowest BCUT2D eigenvalue weighted by atomic mass is 10.0. The zero-order valence-electron chi connectivity index (χ0n) is 63.9. The average Bonchev–Trinajstić information content (AvgIpc) is 1.05. The summed E-state index contributed by atoms with van der Waals surface area (Å²) >= 11 is 0. The number of aliphatic hydroxyl groups is 1. The van der Waals surface area contributed by atoms with Gasteiger partial charge in [-0.2, -0.15) is 0 Å². The van der Waals surface area contributed by atoms with E-state index in [0.29, 0.717) is 25.7 Å². The van der Waals surface area contributed by atoms with E-state index in [0.717, 1.165) is 102 Å². The molecule has 0 aliphatic carbocycles. The fraction of sp³-hybridized carbons (Fsp3) is 0.949. The third kappa shape index (κ3) is 72.4. The Morgan fingerprint density at radius 2 is 0.469 bits per heavy atom. The molecule has 0 fully saturated rings. The summed E-state index contributed by atoms with van der Waals surface area (Å²) in [5.74, 6) is -1.31. The SMILES string of the molecule is CCCCCCCCCCCCCCCCCCCCC(=O)O[C@H](COC(=O)CCCCCCCCCCCCCCCCC(C)C)COP(=O)(O)OC[C@@H](O)COP(=O)(O)OC[C@@H](COC(=O)CCCCCCCCCC)OC(=O)CCCCCCCCCCCCCCCCC. The molecule has 0 rings (SSSR count). The molecular formula is C79H154O17P2. The molecule has 5 atom stereocenters. The van der Waals surface area contributed by atoms with Crippen molar-refractivity contribution in [3.63, 3.8) is 0 Å². The maximum atomic E-state index is 13.1. The van der Waals surface area contributed by atoms with Gasteiger partial charge in [0.1, 0.15) is 19.3 Å². The van der Waals surface area contributed by atoms with Gasteiger partial charge in [-0.1, -0.05) is 369 Å². The first kappa shape index (κ1) is 96.1. The van der Waals surface area contributed by atoms with Gasteiger partial charge >= 0.3 is 39.5 Å². The minimum Gasteiger partial charge on any atom is -0.462 e. The van der Waals surface area contributed by atoms with Crippen LogP contribution < -0.4 is 0 Å². The van der Waals surface area contributed by atoms with Crippen molar-refractivity contribution in [2.24, 2.45) is 5.92 Å². The summed E-state index contributed by atoms with van der Waals surface area (Å²) in [6.07, 6.45) is 62.4. The first-order valence-electron chi connectivity index (χ1n) is 41.1. The topological polar surface area (TPSA) is 237 Å². The van der Waals surface area contributed by atoms with Crippen molar-refractivity contribution in [3.8, 4) is 0 Å². The lowest BCUT2D eigenvalue weighted by molar-refractivity contribution is -0.161. The summed E-state index contributed by atoms with van der Waals surface area (Å²) in [6.45, 7) is 7.32. The zero-order chi connectivity index (χ0) is 71.9. The molecule has 0 bridgehead atoms. The Kier molecular flexibility index (Phi) is 70.6. The molecule has 3 N–H and O–H groups in total. The van der Waals surface area contributed by atoms with Crippen LogP contribution in [0.25, 0.3) is 0 Å². The van der Waals surface area contributed by atoms with Crippen LogP contribution in [0.2, 0.25) is 0 Å². The van der Waals surface area contributed by atoms with Crippen LogP contribution in [0.15, 0.2) is 0 Å². The predicted molar refractivity (Wildman–Crippen MR) is 400 cm³/mol. The van der Waals surface area contributed by atoms with Gasteiger partial charge in [-0.15, -0.1) is 0 Å². The van der Waals surface area contributed by atoms with Crippen LogP contribution in [0.1, 0.15) is 420 Å². The molecule has 0 spiro atoms. The lowest BCUT2D eigenvalue weighted by Crippen LogP contribution is -2.30. The van der Waals surface area contributed by atoms with Crippen LogP contribution in [0.5, 0.6) is 0 Å². The van der Waals surface area contributed by atoms with Crippen LogP contribution in [-0.4, -0.2) is 96.7 Å². The Hall–Kier alpha value is -1.94. The number of aliphatic hydroxyl groups excluding tert-OH is 1. The summed E-state index contributed by atoms with van der Waals surface area (Å²) in [7, 11) is -9.91. The largest absolute Gasteiger partial charge is 0.472 e. The number of hydrogen-bond acceptors (Lipinski definition) is 15. The van der Waals surface area contributed by atoms with Crippen molar-refractivity contribution in [2.45, 2.75) is 438 Å². The number of phosphoric acid groups is 2. The van der Waals surface area contributed by atoms with E-state index >= 15 is 0 Å². The van der Waals surface area contributed by atoms with Gasteiger partial charge < -0.3 is 33.8 Å². The molecule has 98 heavy (non-hydrogen) atoms. The summed E-state index contributed by atoms with van der Waals surface area (Å²) in [5, 5.41) is 10.6. The monoisotopic (exact) mass is 1440 g/mol. The molecule has 0 aromatic rings. The molecule has 0 saturated carbocycles.